The lowest BCUT2D eigenvalue weighted by Gasteiger charge is -2.29. The normalized spacial score (nSPS) is 20.9. The summed E-state index contributed by atoms with van der Waals surface area (Å²) in [4.78, 5) is 63.4. The van der Waals surface area contributed by atoms with Gasteiger partial charge in [0.15, 0.2) is 0 Å². The summed E-state index contributed by atoms with van der Waals surface area (Å²) in [6.07, 6.45) is -4.14. The first kappa shape index (κ1) is 26.5. The Morgan fingerprint density at radius 1 is 0.970 bits per heavy atom. The molecule has 186 valence electrons. The number of esters is 2. The van der Waals surface area contributed by atoms with Crippen molar-refractivity contribution in [2.45, 2.75) is 43.9 Å². The molecule has 2 fully saturated rings. The topological polar surface area (TPSA) is 134 Å². The summed E-state index contributed by atoms with van der Waals surface area (Å²) in [7, 11) is 1.41. The molecule has 1 N–H and O–H groups in total. The Labute approximate surface area is 187 Å². The van der Waals surface area contributed by atoms with E-state index in [2.05, 4.69) is 4.74 Å². The number of halogens is 3. The van der Waals surface area contributed by atoms with E-state index in [4.69, 9.17) is 4.74 Å². The minimum atomic E-state index is -5.34. The largest absolute Gasteiger partial charge is 0.491 e. The van der Waals surface area contributed by atoms with Crippen molar-refractivity contribution in [2.75, 3.05) is 46.4 Å². The molecule has 2 heterocycles. The quantitative estimate of drug-likeness (QED) is 0.346. The van der Waals surface area contributed by atoms with Crippen LogP contribution in [0.4, 0.5) is 13.2 Å². The monoisotopic (exact) mass is 481 g/mol. The molecule has 0 aromatic carbocycles. The predicted octanol–water partition coefficient (Wildman–Crippen LogP) is -0.366. The number of amides is 2. The van der Waals surface area contributed by atoms with Crippen molar-refractivity contribution < 1.29 is 51.7 Å². The Balaban J connectivity index is 2.03. The molecule has 0 aromatic rings. The van der Waals surface area contributed by atoms with E-state index in [1.54, 1.807) is 0 Å². The summed E-state index contributed by atoms with van der Waals surface area (Å²) >= 11 is 0. The molecule has 0 saturated carbocycles. The van der Waals surface area contributed by atoms with E-state index in [9.17, 15) is 42.3 Å². The molecule has 2 saturated heterocycles. The van der Waals surface area contributed by atoms with Gasteiger partial charge in [-0.25, -0.2) is 14.4 Å². The summed E-state index contributed by atoms with van der Waals surface area (Å²) in [6, 6.07) is -2.29. The molecule has 14 heteroatoms. The highest BCUT2D eigenvalue weighted by molar-refractivity contribution is 5.93. The zero-order valence-electron chi connectivity index (χ0n) is 18.0. The fraction of sp³-hybridized carbons (Fsp3) is 0.737. The van der Waals surface area contributed by atoms with Gasteiger partial charge < -0.3 is 24.4 Å². The van der Waals surface area contributed by atoms with Crippen molar-refractivity contribution in [3.05, 3.63) is 0 Å². The zero-order valence-corrected chi connectivity index (χ0v) is 18.0. The number of hydrogen-bond donors (Lipinski definition) is 1. The summed E-state index contributed by atoms with van der Waals surface area (Å²) in [5.74, 6) is -6.38. The van der Waals surface area contributed by atoms with Gasteiger partial charge in [0.05, 0.1) is 19.7 Å². The number of aliphatic carboxylic acids is 1. The van der Waals surface area contributed by atoms with Crippen LogP contribution in [-0.2, 0) is 33.4 Å². The zero-order chi connectivity index (χ0) is 24.8. The van der Waals surface area contributed by atoms with Gasteiger partial charge in [0.1, 0.15) is 12.1 Å². The molecule has 0 bridgehead atoms. The highest BCUT2D eigenvalue weighted by Gasteiger charge is 2.45. The van der Waals surface area contributed by atoms with E-state index in [-0.39, 0.29) is 45.8 Å². The Morgan fingerprint density at radius 3 is 1.97 bits per heavy atom. The molecular weight excluding hydrogens is 455 g/mol. The van der Waals surface area contributed by atoms with Gasteiger partial charge in [-0.2, -0.15) is 13.2 Å². The van der Waals surface area contributed by atoms with Crippen molar-refractivity contribution in [2.24, 2.45) is 0 Å². The molecule has 2 aliphatic heterocycles. The Hall–Kier alpha value is -2.74. The summed E-state index contributed by atoms with van der Waals surface area (Å²) in [5.41, 5.74) is 0. The van der Waals surface area contributed by atoms with Crippen molar-refractivity contribution in [1.29, 1.82) is 0 Å². The van der Waals surface area contributed by atoms with Gasteiger partial charge in [-0.1, -0.05) is 0 Å². The van der Waals surface area contributed by atoms with Gasteiger partial charge in [0.25, 0.3) is 0 Å². The molecule has 0 spiro atoms. The molecule has 0 unspecified atom stereocenters. The maximum atomic E-state index is 12.8. The second kappa shape index (κ2) is 11.4. The van der Waals surface area contributed by atoms with Gasteiger partial charge in [0.2, 0.25) is 11.8 Å². The Kier molecular flexibility index (Phi) is 9.16. The van der Waals surface area contributed by atoms with Gasteiger partial charge >= 0.3 is 24.1 Å². The fourth-order valence-electron chi connectivity index (χ4n) is 3.85. The average Bonchev–Trinajstić information content (AvgIpc) is 3.40. The maximum Gasteiger partial charge on any atom is 0.491 e. The van der Waals surface area contributed by atoms with Gasteiger partial charge in [0, 0.05) is 26.7 Å². The third kappa shape index (κ3) is 7.12. The SMILES string of the molecule is COCCN(CC(=O)N1CCC[C@@H]1C(=O)O)CC(=O)N1CCC[C@@H]1C(=O)OC(=O)C(F)(F)F. The Morgan fingerprint density at radius 2 is 1.48 bits per heavy atom. The predicted molar refractivity (Wildman–Crippen MR) is 103 cm³/mol. The standard InChI is InChI=1S/C19H26F3N3O8/c1-32-9-8-23(10-14(26)24-6-2-4-12(24)16(28)29)11-15(27)25-7-3-5-13(25)17(30)33-18(31)19(20,21)22/h12-13H,2-11H2,1H3,(H,28,29)/t12-,13-/m1/s1. The van der Waals surface area contributed by atoms with Gasteiger partial charge in [-0.3, -0.25) is 14.5 Å². The number of methoxy groups -OCH3 is 1. The number of hydrogen-bond acceptors (Lipinski definition) is 8. The number of carboxylic acids is 1. The van der Waals surface area contributed by atoms with Crippen LogP contribution in [0.2, 0.25) is 0 Å². The lowest BCUT2D eigenvalue weighted by molar-refractivity contribution is -0.203. The summed E-state index contributed by atoms with van der Waals surface area (Å²) in [5, 5.41) is 9.26. The number of carboxylic acid groups (broad SMARTS) is 1. The summed E-state index contributed by atoms with van der Waals surface area (Å²) in [6.45, 7) is -0.0250. The number of carbonyl (C=O) groups is 5. The molecule has 2 rings (SSSR count). The first-order valence-electron chi connectivity index (χ1n) is 10.3. The molecule has 0 radical (unpaired) electrons. The maximum absolute atomic E-state index is 12.8. The van der Waals surface area contributed by atoms with Crippen LogP contribution in [0.25, 0.3) is 0 Å². The minimum Gasteiger partial charge on any atom is -0.480 e. The van der Waals surface area contributed by atoms with Crippen molar-refractivity contribution >= 4 is 29.7 Å². The highest BCUT2D eigenvalue weighted by atomic mass is 19.4. The van der Waals surface area contributed by atoms with E-state index in [1.807, 2.05) is 0 Å². The van der Waals surface area contributed by atoms with Crippen LogP contribution in [0, 0.1) is 0 Å². The number of alkyl halides is 3. The van der Waals surface area contributed by atoms with E-state index in [0.29, 0.717) is 19.3 Å². The molecule has 2 aliphatic rings. The lowest BCUT2D eigenvalue weighted by atomic mass is 10.2. The molecule has 0 aromatic heterocycles. The van der Waals surface area contributed by atoms with Crippen molar-refractivity contribution in [3.63, 3.8) is 0 Å². The van der Waals surface area contributed by atoms with Crippen LogP contribution >= 0.6 is 0 Å². The van der Waals surface area contributed by atoms with Crippen LogP contribution in [0.1, 0.15) is 25.7 Å². The first-order valence-corrected chi connectivity index (χ1v) is 10.3. The molecule has 33 heavy (non-hydrogen) atoms. The van der Waals surface area contributed by atoms with Crippen LogP contribution in [0.5, 0.6) is 0 Å². The van der Waals surface area contributed by atoms with Crippen molar-refractivity contribution in [1.82, 2.24) is 14.7 Å². The smallest absolute Gasteiger partial charge is 0.480 e. The third-order valence-electron chi connectivity index (χ3n) is 5.46. The molecular formula is C19H26F3N3O8. The number of carbonyl (C=O) groups excluding carboxylic acids is 4. The molecule has 2 atom stereocenters. The third-order valence-corrected chi connectivity index (χ3v) is 5.46. The molecule has 2 amide bonds. The van der Waals surface area contributed by atoms with Crippen LogP contribution in [0.3, 0.4) is 0 Å². The van der Waals surface area contributed by atoms with Crippen molar-refractivity contribution in [3.8, 4) is 0 Å². The lowest BCUT2D eigenvalue weighted by Crippen LogP contribution is -2.50. The second-order valence-corrected chi connectivity index (χ2v) is 7.74. The van der Waals surface area contributed by atoms with Gasteiger partial charge in [-0.15, -0.1) is 0 Å². The average molecular weight is 481 g/mol. The first-order chi connectivity index (χ1) is 15.5. The summed E-state index contributed by atoms with van der Waals surface area (Å²) < 4.78 is 46.0. The minimum absolute atomic E-state index is 0.0286. The van der Waals surface area contributed by atoms with E-state index < -0.39 is 48.0 Å². The molecule has 11 nitrogen and oxygen atoms in total. The number of likely N-dealkylation sites (tertiary alicyclic amines) is 2. The second-order valence-electron chi connectivity index (χ2n) is 7.74. The highest BCUT2D eigenvalue weighted by Crippen LogP contribution is 2.22. The number of ether oxygens (including phenoxy) is 2. The number of rotatable bonds is 9. The fourth-order valence-corrected chi connectivity index (χ4v) is 3.85. The van der Waals surface area contributed by atoms with E-state index in [0.717, 1.165) is 4.90 Å². The number of nitrogens with zero attached hydrogens (tertiary/aromatic N) is 3. The molecule has 0 aliphatic carbocycles. The van der Waals surface area contributed by atoms with E-state index >= 15 is 0 Å². The van der Waals surface area contributed by atoms with Crippen LogP contribution < -0.4 is 0 Å². The van der Waals surface area contributed by atoms with Gasteiger partial charge in [-0.05, 0) is 25.7 Å². The van der Waals surface area contributed by atoms with E-state index in [1.165, 1.54) is 16.9 Å². The van der Waals surface area contributed by atoms with Crippen LogP contribution in [-0.4, -0.2) is 114 Å². The van der Waals surface area contributed by atoms with Crippen LogP contribution in [0.15, 0.2) is 0 Å². The Bertz CT molecular complexity index is 776.